The normalized spacial score (nSPS) is 11.4. The maximum absolute atomic E-state index is 5.86. The zero-order valence-corrected chi connectivity index (χ0v) is 17.8. The van der Waals surface area contributed by atoms with E-state index in [1.54, 1.807) is 7.11 Å². The van der Waals surface area contributed by atoms with Gasteiger partial charge in [0.15, 0.2) is 6.79 Å². The largest absolute Gasteiger partial charge is 0.467 e. The van der Waals surface area contributed by atoms with Crippen molar-refractivity contribution in [3.63, 3.8) is 0 Å². The molecule has 1 unspecified atom stereocenters. The summed E-state index contributed by atoms with van der Waals surface area (Å²) in [5, 5.41) is 2.58. The molecule has 4 heteroatoms. The first-order chi connectivity index (χ1) is 13.7. The molecule has 3 nitrogen and oxygen atoms in total. The fraction of sp³-hybridized carbons (Fsp3) is 0.250. The number of ether oxygens (including phenoxy) is 2. The highest BCUT2D eigenvalue weighted by atomic mass is 31.1. The standard InChI is InChI=1S/C24H28NO2P/c1-25(2)17-21-11-7-8-12-23(21)28-24-16-20(13-14-22(24)27-18-26-3)15-19-9-5-4-6-10-19/h4-14,16,28H,15,17-18H2,1-3H3. The Hall–Kier alpha value is -2.19. The molecule has 0 aliphatic heterocycles. The van der Waals surface area contributed by atoms with Gasteiger partial charge in [-0.25, -0.2) is 0 Å². The van der Waals surface area contributed by atoms with Crippen molar-refractivity contribution in [2.24, 2.45) is 0 Å². The van der Waals surface area contributed by atoms with Crippen LogP contribution in [0.5, 0.6) is 5.75 Å². The topological polar surface area (TPSA) is 21.7 Å². The first-order valence-corrected chi connectivity index (χ1v) is 10.4. The molecule has 3 rings (SSSR count). The van der Waals surface area contributed by atoms with Crippen LogP contribution in [-0.2, 0) is 17.7 Å². The Kier molecular flexibility index (Phi) is 7.62. The smallest absolute Gasteiger partial charge is 0.188 e. The van der Waals surface area contributed by atoms with E-state index in [4.69, 9.17) is 9.47 Å². The predicted octanol–water partition coefficient (Wildman–Crippen LogP) is 3.95. The van der Waals surface area contributed by atoms with Gasteiger partial charge in [0.2, 0.25) is 0 Å². The molecule has 0 radical (unpaired) electrons. The third kappa shape index (κ3) is 5.90. The van der Waals surface area contributed by atoms with Crippen LogP contribution in [0.25, 0.3) is 0 Å². The summed E-state index contributed by atoms with van der Waals surface area (Å²) in [7, 11) is 6.40. The average Bonchev–Trinajstić information content (AvgIpc) is 2.69. The van der Waals surface area contributed by atoms with E-state index in [1.165, 1.54) is 27.3 Å². The second-order valence-electron chi connectivity index (χ2n) is 7.06. The summed E-state index contributed by atoms with van der Waals surface area (Å²) in [6.07, 6.45) is 0.919. The van der Waals surface area contributed by atoms with Crippen LogP contribution in [0.4, 0.5) is 0 Å². The molecule has 0 heterocycles. The van der Waals surface area contributed by atoms with Gasteiger partial charge in [0, 0.05) is 19.0 Å². The molecular formula is C24H28NO2P. The van der Waals surface area contributed by atoms with E-state index < -0.39 is 0 Å². The quantitative estimate of drug-likeness (QED) is 0.406. The number of nitrogens with zero attached hydrogens (tertiary/aromatic N) is 1. The zero-order chi connectivity index (χ0) is 19.8. The lowest BCUT2D eigenvalue weighted by atomic mass is 10.1. The van der Waals surface area contributed by atoms with Crippen molar-refractivity contribution in [2.75, 3.05) is 28.0 Å². The van der Waals surface area contributed by atoms with Gasteiger partial charge in [0.05, 0.1) is 0 Å². The summed E-state index contributed by atoms with van der Waals surface area (Å²) in [6.45, 7) is 1.19. The second-order valence-corrected chi connectivity index (χ2v) is 8.39. The molecule has 0 N–H and O–H groups in total. The van der Waals surface area contributed by atoms with Gasteiger partial charge in [-0.3, -0.25) is 0 Å². The minimum atomic E-state index is 0.259. The molecule has 0 aliphatic carbocycles. The van der Waals surface area contributed by atoms with Crippen LogP contribution in [-0.4, -0.2) is 32.9 Å². The van der Waals surface area contributed by atoms with E-state index in [1.807, 2.05) is 0 Å². The van der Waals surface area contributed by atoms with Crippen molar-refractivity contribution in [1.82, 2.24) is 4.90 Å². The van der Waals surface area contributed by atoms with E-state index in [2.05, 4.69) is 91.8 Å². The fourth-order valence-corrected chi connectivity index (χ4v) is 4.46. The Balaban J connectivity index is 1.89. The number of benzene rings is 3. The van der Waals surface area contributed by atoms with Gasteiger partial charge in [0.25, 0.3) is 0 Å². The highest BCUT2D eigenvalue weighted by molar-refractivity contribution is 7.55. The minimum Gasteiger partial charge on any atom is -0.467 e. The van der Waals surface area contributed by atoms with E-state index in [-0.39, 0.29) is 6.79 Å². The van der Waals surface area contributed by atoms with Crippen molar-refractivity contribution >= 4 is 19.2 Å². The molecule has 1 atom stereocenters. The van der Waals surface area contributed by atoms with Gasteiger partial charge in [-0.1, -0.05) is 69.2 Å². The first-order valence-electron chi connectivity index (χ1n) is 9.44. The lowest BCUT2D eigenvalue weighted by Gasteiger charge is -2.17. The molecule has 0 saturated heterocycles. The Labute approximate surface area is 170 Å². The lowest BCUT2D eigenvalue weighted by Crippen LogP contribution is -2.18. The number of hydrogen-bond acceptors (Lipinski definition) is 3. The number of methoxy groups -OCH3 is 1. The zero-order valence-electron chi connectivity index (χ0n) is 16.8. The summed E-state index contributed by atoms with van der Waals surface area (Å²) in [5.41, 5.74) is 3.97. The Morgan fingerprint density at radius 2 is 1.57 bits per heavy atom. The van der Waals surface area contributed by atoms with E-state index >= 15 is 0 Å². The third-order valence-electron chi connectivity index (χ3n) is 4.40. The maximum atomic E-state index is 5.86. The molecule has 0 aromatic heterocycles. The molecule has 0 amide bonds. The van der Waals surface area contributed by atoms with Gasteiger partial charge in [-0.15, -0.1) is 0 Å². The second kappa shape index (κ2) is 10.4. The first kappa shape index (κ1) is 20.5. The van der Waals surface area contributed by atoms with Gasteiger partial charge >= 0.3 is 0 Å². The van der Waals surface area contributed by atoms with Crippen molar-refractivity contribution in [2.45, 2.75) is 13.0 Å². The summed E-state index contributed by atoms with van der Waals surface area (Å²) < 4.78 is 11.0. The fourth-order valence-electron chi connectivity index (χ4n) is 3.13. The Bertz CT molecular complexity index is 881. The van der Waals surface area contributed by atoms with Crippen LogP contribution in [0.2, 0.25) is 0 Å². The van der Waals surface area contributed by atoms with Gasteiger partial charge in [0.1, 0.15) is 5.75 Å². The van der Waals surface area contributed by atoms with E-state index in [0.717, 1.165) is 18.7 Å². The van der Waals surface area contributed by atoms with Crippen LogP contribution in [0.1, 0.15) is 16.7 Å². The van der Waals surface area contributed by atoms with Gasteiger partial charge < -0.3 is 14.4 Å². The molecule has 3 aromatic carbocycles. The molecule has 0 aliphatic rings. The number of hydrogen-bond donors (Lipinski definition) is 0. The molecule has 0 spiro atoms. The predicted molar refractivity (Wildman–Crippen MR) is 120 cm³/mol. The Morgan fingerprint density at radius 1 is 0.821 bits per heavy atom. The lowest BCUT2D eigenvalue weighted by molar-refractivity contribution is 0.0519. The minimum absolute atomic E-state index is 0.259. The summed E-state index contributed by atoms with van der Waals surface area (Å²) in [6, 6.07) is 25.7. The SMILES string of the molecule is COCOc1ccc(Cc2ccccc2)cc1Pc1ccccc1CN(C)C. The molecule has 146 valence electrons. The molecule has 0 bridgehead atoms. The molecule has 28 heavy (non-hydrogen) atoms. The summed E-state index contributed by atoms with van der Waals surface area (Å²) in [5.74, 6) is 0.900. The van der Waals surface area contributed by atoms with Crippen molar-refractivity contribution < 1.29 is 9.47 Å². The highest BCUT2D eigenvalue weighted by Crippen LogP contribution is 2.24. The monoisotopic (exact) mass is 393 g/mol. The summed E-state index contributed by atoms with van der Waals surface area (Å²) in [4.78, 5) is 2.21. The highest BCUT2D eigenvalue weighted by Gasteiger charge is 2.10. The summed E-state index contributed by atoms with van der Waals surface area (Å²) >= 11 is 0. The molecule has 0 saturated carbocycles. The number of rotatable bonds is 9. The average molecular weight is 393 g/mol. The third-order valence-corrected chi connectivity index (χ3v) is 5.82. The van der Waals surface area contributed by atoms with Crippen LogP contribution in [0.15, 0.2) is 72.8 Å². The molecule has 3 aromatic rings. The molecular weight excluding hydrogens is 365 g/mol. The van der Waals surface area contributed by atoms with Gasteiger partial charge in [-0.2, -0.15) is 0 Å². The van der Waals surface area contributed by atoms with Crippen LogP contribution in [0.3, 0.4) is 0 Å². The Morgan fingerprint density at radius 3 is 2.32 bits per heavy atom. The van der Waals surface area contributed by atoms with Crippen LogP contribution >= 0.6 is 8.58 Å². The van der Waals surface area contributed by atoms with Crippen LogP contribution in [0, 0.1) is 0 Å². The van der Waals surface area contributed by atoms with Gasteiger partial charge in [-0.05, 0) is 54.6 Å². The van der Waals surface area contributed by atoms with E-state index in [0.29, 0.717) is 8.58 Å². The molecule has 0 fully saturated rings. The van der Waals surface area contributed by atoms with Crippen molar-refractivity contribution in [3.05, 3.63) is 89.5 Å². The van der Waals surface area contributed by atoms with Crippen molar-refractivity contribution in [3.8, 4) is 5.75 Å². The van der Waals surface area contributed by atoms with E-state index in [9.17, 15) is 0 Å². The maximum Gasteiger partial charge on any atom is 0.188 e. The van der Waals surface area contributed by atoms with Crippen molar-refractivity contribution in [1.29, 1.82) is 0 Å². The van der Waals surface area contributed by atoms with Crippen LogP contribution < -0.4 is 15.3 Å².